The zero-order valence-electron chi connectivity index (χ0n) is 8.39. The van der Waals surface area contributed by atoms with Crippen molar-refractivity contribution in [3.63, 3.8) is 0 Å². The van der Waals surface area contributed by atoms with Crippen molar-refractivity contribution in [3.05, 3.63) is 0 Å². The van der Waals surface area contributed by atoms with Crippen LogP contribution in [0.2, 0.25) is 0 Å². The lowest BCUT2D eigenvalue weighted by molar-refractivity contribution is 0.0278. The Labute approximate surface area is 70.2 Å². The summed E-state index contributed by atoms with van der Waals surface area (Å²) in [7, 11) is 0. The molecule has 2 nitrogen and oxygen atoms in total. The van der Waals surface area contributed by atoms with E-state index in [4.69, 9.17) is 0 Å². The Hall–Kier alpha value is -0.0800. The van der Waals surface area contributed by atoms with Crippen LogP contribution in [-0.2, 0) is 0 Å². The van der Waals surface area contributed by atoms with Crippen molar-refractivity contribution in [2.45, 2.75) is 46.3 Å². The number of hydrogen-bond acceptors (Lipinski definition) is 2. The van der Waals surface area contributed by atoms with Gasteiger partial charge in [-0.05, 0) is 34.2 Å². The standard InChI is InChI=1S/C9H21NO/c1-6-10(8(2)3)7-9(4,5)11/h8,11H,6-7H2,1-5H3. The summed E-state index contributed by atoms with van der Waals surface area (Å²) >= 11 is 0. The molecule has 0 aromatic carbocycles. The molecule has 0 rings (SSSR count). The maximum Gasteiger partial charge on any atom is 0.0718 e. The van der Waals surface area contributed by atoms with Gasteiger partial charge in [-0.1, -0.05) is 6.92 Å². The zero-order chi connectivity index (χ0) is 9.07. The number of nitrogens with zero attached hydrogens (tertiary/aromatic N) is 1. The van der Waals surface area contributed by atoms with Crippen LogP contribution in [0.3, 0.4) is 0 Å². The number of aliphatic hydroxyl groups is 1. The lowest BCUT2D eigenvalue weighted by atomic mass is 10.1. The Morgan fingerprint density at radius 1 is 1.36 bits per heavy atom. The molecule has 68 valence electrons. The van der Waals surface area contributed by atoms with Crippen LogP contribution < -0.4 is 0 Å². The molecule has 0 bridgehead atoms. The van der Waals surface area contributed by atoms with E-state index in [9.17, 15) is 5.11 Å². The van der Waals surface area contributed by atoms with E-state index in [2.05, 4.69) is 25.7 Å². The van der Waals surface area contributed by atoms with Gasteiger partial charge in [0.2, 0.25) is 0 Å². The van der Waals surface area contributed by atoms with Gasteiger partial charge in [0.25, 0.3) is 0 Å². The number of rotatable bonds is 4. The molecule has 0 aliphatic rings. The van der Waals surface area contributed by atoms with Crippen LogP contribution in [0.25, 0.3) is 0 Å². The van der Waals surface area contributed by atoms with Gasteiger partial charge in [-0.3, -0.25) is 4.90 Å². The summed E-state index contributed by atoms with van der Waals surface area (Å²) in [5, 5.41) is 9.53. The molecule has 11 heavy (non-hydrogen) atoms. The highest BCUT2D eigenvalue weighted by atomic mass is 16.3. The monoisotopic (exact) mass is 159 g/mol. The summed E-state index contributed by atoms with van der Waals surface area (Å²) < 4.78 is 0. The van der Waals surface area contributed by atoms with Crippen LogP contribution in [0.4, 0.5) is 0 Å². The highest BCUT2D eigenvalue weighted by molar-refractivity contribution is 4.73. The summed E-state index contributed by atoms with van der Waals surface area (Å²) in [5.74, 6) is 0. The van der Waals surface area contributed by atoms with Gasteiger partial charge in [-0.15, -0.1) is 0 Å². The lowest BCUT2D eigenvalue weighted by Crippen LogP contribution is -2.42. The van der Waals surface area contributed by atoms with E-state index in [1.807, 2.05) is 13.8 Å². The average Bonchev–Trinajstić information content (AvgIpc) is 1.80. The van der Waals surface area contributed by atoms with E-state index in [-0.39, 0.29) is 0 Å². The summed E-state index contributed by atoms with van der Waals surface area (Å²) in [6.07, 6.45) is 0. The first-order valence-electron chi connectivity index (χ1n) is 4.33. The summed E-state index contributed by atoms with van der Waals surface area (Å²) in [4.78, 5) is 2.25. The van der Waals surface area contributed by atoms with Gasteiger partial charge in [0.15, 0.2) is 0 Å². The van der Waals surface area contributed by atoms with Crippen molar-refractivity contribution >= 4 is 0 Å². The quantitative estimate of drug-likeness (QED) is 0.671. The number of hydrogen-bond donors (Lipinski definition) is 1. The van der Waals surface area contributed by atoms with Crippen LogP contribution in [0.1, 0.15) is 34.6 Å². The third kappa shape index (κ3) is 5.22. The molecule has 0 aromatic rings. The second-order valence-electron chi connectivity index (χ2n) is 3.97. The Morgan fingerprint density at radius 3 is 1.91 bits per heavy atom. The molecule has 0 heterocycles. The highest BCUT2D eigenvalue weighted by Gasteiger charge is 2.18. The van der Waals surface area contributed by atoms with Crippen molar-refractivity contribution in [1.29, 1.82) is 0 Å². The first-order valence-corrected chi connectivity index (χ1v) is 4.33. The third-order valence-electron chi connectivity index (χ3n) is 1.73. The molecule has 0 radical (unpaired) electrons. The van der Waals surface area contributed by atoms with E-state index in [0.717, 1.165) is 13.1 Å². The van der Waals surface area contributed by atoms with Gasteiger partial charge >= 0.3 is 0 Å². The predicted octanol–water partition coefficient (Wildman–Crippen LogP) is 1.49. The fourth-order valence-corrected chi connectivity index (χ4v) is 1.16. The van der Waals surface area contributed by atoms with Gasteiger partial charge in [0.1, 0.15) is 0 Å². The molecule has 1 N–H and O–H groups in total. The second kappa shape index (κ2) is 4.07. The molecular formula is C9H21NO. The van der Waals surface area contributed by atoms with E-state index in [0.29, 0.717) is 6.04 Å². The van der Waals surface area contributed by atoms with Gasteiger partial charge in [-0.25, -0.2) is 0 Å². The summed E-state index contributed by atoms with van der Waals surface area (Å²) in [5.41, 5.74) is -0.569. The van der Waals surface area contributed by atoms with Crippen LogP contribution in [0, 0.1) is 0 Å². The molecule has 0 aliphatic carbocycles. The molecule has 0 amide bonds. The average molecular weight is 159 g/mol. The van der Waals surface area contributed by atoms with E-state index in [1.54, 1.807) is 0 Å². The third-order valence-corrected chi connectivity index (χ3v) is 1.73. The van der Waals surface area contributed by atoms with Crippen LogP contribution in [0.5, 0.6) is 0 Å². The van der Waals surface area contributed by atoms with Gasteiger partial charge in [0, 0.05) is 12.6 Å². The first kappa shape index (κ1) is 10.9. The Morgan fingerprint density at radius 2 is 1.82 bits per heavy atom. The molecule has 0 fully saturated rings. The van der Waals surface area contributed by atoms with Crippen molar-refractivity contribution in [1.82, 2.24) is 4.90 Å². The zero-order valence-corrected chi connectivity index (χ0v) is 8.39. The summed E-state index contributed by atoms with van der Waals surface area (Å²) in [6, 6.07) is 0.520. The minimum atomic E-state index is -0.569. The van der Waals surface area contributed by atoms with Crippen molar-refractivity contribution in [2.75, 3.05) is 13.1 Å². The van der Waals surface area contributed by atoms with Crippen molar-refractivity contribution in [3.8, 4) is 0 Å². The van der Waals surface area contributed by atoms with Crippen molar-refractivity contribution < 1.29 is 5.11 Å². The van der Waals surface area contributed by atoms with Gasteiger partial charge in [-0.2, -0.15) is 0 Å². The molecule has 2 heteroatoms. The normalized spacial score (nSPS) is 13.1. The Balaban J connectivity index is 3.88. The molecule has 0 atom stereocenters. The van der Waals surface area contributed by atoms with Crippen molar-refractivity contribution in [2.24, 2.45) is 0 Å². The Bertz CT molecular complexity index is 105. The van der Waals surface area contributed by atoms with Crippen LogP contribution >= 0.6 is 0 Å². The number of likely N-dealkylation sites (N-methyl/N-ethyl adjacent to an activating group) is 1. The van der Waals surface area contributed by atoms with E-state index in [1.165, 1.54) is 0 Å². The van der Waals surface area contributed by atoms with Gasteiger partial charge in [0.05, 0.1) is 5.60 Å². The molecule has 0 spiro atoms. The SMILES string of the molecule is CCN(CC(C)(C)O)C(C)C. The minimum Gasteiger partial charge on any atom is -0.389 e. The predicted molar refractivity (Wildman–Crippen MR) is 48.7 cm³/mol. The van der Waals surface area contributed by atoms with Crippen LogP contribution in [0.15, 0.2) is 0 Å². The van der Waals surface area contributed by atoms with Crippen LogP contribution in [-0.4, -0.2) is 34.7 Å². The first-order chi connectivity index (χ1) is 4.87. The van der Waals surface area contributed by atoms with E-state index >= 15 is 0 Å². The maximum atomic E-state index is 9.53. The van der Waals surface area contributed by atoms with E-state index < -0.39 is 5.60 Å². The molecule has 0 aliphatic heterocycles. The highest BCUT2D eigenvalue weighted by Crippen LogP contribution is 2.07. The fraction of sp³-hybridized carbons (Fsp3) is 1.00. The second-order valence-corrected chi connectivity index (χ2v) is 3.97. The smallest absolute Gasteiger partial charge is 0.0718 e. The Kier molecular flexibility index (Phi) is 4.04. The van der Waals surface area contributed by atoms with Gasteiger partial charge < -0.3 is 5.11 Å². The lowest BCUT2D eigenvalue weighted by Gasteiger charge is -2.30. The minimum absolute atomic E-state index is 0.520. The summed E-state index contributed by atoms with van der Waals surface area (Å²) in [6.45, 7) is 11.9. The maximum absolute atomic E-state index is 9.53. The molecule has 0 aromatic heterocycles. The molecule has 0 unspecified atom stereocenters. The molecule has 0 saturated carbocycles. The largest absolute Gasteiger partial charge is 0.389 e. The molecular weight excluding hydrogens is 138 g/mol. The molecule has 0 saturated heterocycles. The topological polar surface area (TPSA) is 23.5 Å². The fourth-order valence-electron chi connectivity index (χ4n) is 1.16.